The molecule has 0 atom stereocenters. The van der Waals surface area contributed by atoms with Crippen molar-refractivity contribution in [3.8, 4) is 0 Å². The monoisotopic (exact) mass is 461 g/mol. The number of carbonyl (C=O) groups is 2. The summed E-state index contributed by atoms with van der Waals surface area (Å²) >= 11 is 0. The molecular formula is C25H27N5O4. The van der Waals surface area contributed by atoms with E-state index < -0.39 is 11.4 Å². The van der Waals surface area contributed by atoms with Gasteiger partial charge < -0.3 is 19.9 Å². The molecule has 0 spiro atoms. The number of pyridine rings is 1. The Labute approximate surface area is 196 Å². The number of nitrogens with zero attached hydrogens (tertiary/aromatic N) is 4. The summed E-state index contributed by atoms with van der Waals surface area (Å²) in [5, 5.41) is 12.9. The standard InChI is InChI=1S/C25H27N5O4/c31-21-19-14-26-25(27-17-10-8-16(9-11-17)23(32)29-12-4-5-13-29)28-22(19)30(15-20(21)24(33)34)18-6-2-1-3-7-18/h8-11,14-15,18H,1-7,12-13H2,(H,33,34)(H,26,27,28). The van der Waals surface area contributed by atoms with Crippen molar-refractivity contribution in [2.45, 2.75) is 51.0 Å². The van der Waals surface area contributed by atoms with Crippen molar-refractivity contribution >= 4 is 34.5 Å². The summed E-state index contributed by atoms with van der Waals surface area (Å²) in [6.07, 6.45) is 10.0. The second-order valence-corrected chi connectivity index (χ2v) is 9.01. The van der Waals surface area contributed by atoms with Crippen molar-refractivity contribution in [1.29, 1.82) is 0 Å². The molecule has 3 heterocycles. The highest BCUT2D eigenvalue weighted by Gasteiger charge is 2.23. The first-order valence-corrected chi connectivity index (χ1v) is 11.8. The van der Waals surface area contributed by atoms with Gasteiger partial charge in [-0.1, -0.05) is 19.3 Å². The molecule has 176 valence electrons. The van der Waals surface area contributed by atoms with E-state index in [1.807, 2.05) is 9.47 Å². The molecule has 1 saturated heterocycles. The Balaban J connectivity index is 1.46. The summed E-state index contributed by atoms with van der Waals surface area (Å²) in [6, 6.07) is 7.26. The van der Waals surface area contributed by atoms with Crippen LogP contribution < -0.4 is 10.7 Å². The van der Waals surface area contributed by atoms with Crippen LogP contribution in [0, 0.1) is 0 Å². The summed E-state index contributed by atoms with van der Waals surface area (Å²) in [7, 11) is 0. The highest BCUT2D eigenvalue weighted by Crippen LogP contribution is 2.30. The molecule has 0 radical (unpaired) electrons. The number of aromatic carboxylic acids is 1. The van der Waals surface area contributed by atoms with Crippen LogP contribution in [0.25, 0.3) is 11.0 Å². The zero-order chi connectivity index (χ0) is 23.7. The van der Waals surface area contributed by atoms with Gasteiger partial charge in [0.15, 0.2) is 0 Å². The van der Waals surface area contributed by atoms with Crippen LogP contribution in [0.15, 0.2) is 41.5 Å². The van der Waals surface area contributed by atoms with Crippen LogP contribution in [0.5, 0.6) is 0 Å². The van der Waals surface area contributed by atoms with E-state index in [0.717, 1.165) is 58.0 Å². The lowest BCUT2D eigenvalue weighted by molar-refractivity contribution is 0.0693. The highest BCUT2D eigenvalue weighted by molar-refractivity contribution is 5.95. The van der Waals surface area contributed by atoms with Crippen molar-refractivity contribution in [3.05, 3.63) is 58.0 Å². The van der Waals surface area contributed by atoms with E-state index in [4.69, 9.17) is 0 Å². The van der Waals surface area contributed by atoms with Gasteiger partial charge in [0.1, 0.15) is 11.2 Å². The number of nitrogens with one attached hydrogen (secondary N) is 1. The largest absolute Gasteiger partial charge is 0.477 e. The van der Waals surface area contributed by atoms with E-state index in [0.29, 0.717) is 22.8 Å². The van der Waals surface area contributed by atoms with Crippen LogP contribution >= 0.6 is 0 Å². The molecule has 34 heavy (non-hydrogen) atoms. The minimum absolute atomic E-state index is 0.0386. The first-order valence-electron chi connectivity index (χ1n) is 11.8. The van der Waals surface area contributed by atoms with E-state index in [-0.39, 0.29) is 22.9 Å². The fraction of sp³-hybridized carbons (Fsp3) is 0.400. The van der Waals surface area contributed by atoms with E-state index >= 15 is 0 Å². The van der Waals surface area contributed by atoms with E-state index in [2.05, 4.69) is 15.3 Å². The Morgan fingerprint density at radius 3 is 2.38 bits per heavy atom. The average Bonchev–Trinajstić information content (AvgIpc) is 3.40. The third kappa shape index (κ3) is 4.25. The molecule has 2 fully saturated rings. The molecular weight excluding hydrogens is 434 g/mol. The number of anilines is 2. The van der Waals surface area contributed by atoms with E-state index in [9.17, 15) is 19.5 Å². The molecule has 2 aliphatic rings. The van der Waals surface area contributed by atoms with Crippen LogP contribution in [0.3, 0.4) is 0 Å². The third-order valence-corrected chi connectivity index (χ3v) is 6.75. The van der Waals surface area contributed by atoms with Crippen molar-refractivity contribution in [3.63, 3.8) is 0 Å². The summed E-state index contributed by atoms with van der Waals surface area (Å²) in [6.45, 7) is 1.60. The van der Waals surface area contributed by atoms with Crippen molar-refractivity contribution in [1.82, 2.24) is 19.4 Å². The first-order chi connectivity index (χ1) is 16.5. The van der Waals surface area contributed by atoms with Crippen LogP contribution in [0.2, 0.25) is 0 Å². The second-order valence-electron chi connectivity index (χ2n) is 9.01. The van der Waals surface area contributed by atoms with Gasteiger partial charge in [0.25, 0.3) is 5.91 Å². The second kappa shape index (κ2) is 9.24. The molecule has 0 bridgehead atoms. The number of rotatable bonds is 5. The number of hydrogen-bond acceptors (Lipinski definition) is 6. The normalized spacial score (nSPS) is 16.6. The lowest BCUT2D eigenvalue weighted by atomic mass is 9.95. The summed E-state index contributed by atoms with van der Waals surface area (Å²) in [5.41, 5.74) is 0.942. The molecule has 1 amide bonds. The van der Waals surface area contributed by atoms with Gasteiger partial charge in [-0.25, -0.2) is 9.78 Å². The molecule has 1 aliphatic heterocycles. The summed E-state index contributed by atoms with van der Waals surface area (Å²) in [5.74, 6) is -0.905. The van der Waals surface area contributed by atoms with E-state index in [1.165, 1.54) is 12.4 Å². The number of fused-ring (bicyclic) bond motifs is 1. The van der Waals surface area contributed by atoms with Crippen molar-refractivity contribution < 1.29 is 14.7 Å². The Morgan fingerprint density at radius 1 is 1.00 bits per heavy atom. The van der Waals surface area contributed by atoms with Gasteiger partial charge >= 0.3 is 5.97 Å². The van der Waals surface area contributed by atoms with Crippen LogP contribution in [0.4, 0.5) is 11.6 Å². The van der Waals surface area contributed by atoms with Gasteiger partial charge in [0.2, 0.25) is 11.4 Å². The van der Waals surface area contributed by atoms with Gasteiger partial charge in [0, 0.05) is 42.8 Å². The van der Waals surface area contributed by atoms with Crippen LogP contribution in [-0.2, 0) is 0 Å². The fourth-order valence-electron chi connectivity index (χ4n) is 4.91. The minimum atomic E-state index is -1.25. The third-order valence-electron chi connectivity index (χ3n) is 6.75. The van der Waals surface area contributed by atoms with Gasteiger partial charge in [0.05, 0.1) is 5.39 Å². The molecule has 1 aliphatic carbocycles. The number of likely N-dealkylation sites (tertiary alicyclic amines) is 1. The zero-order valence-corrected chi connectivity index (χ0v) is 18.9. The number of carbonyl (C=O) groups excluding carboxylic acids is 1. The minimum Gasteiger partial charge on any atom is -0.477 e. The zero-order valence-electron chi connectivity index (χ0n) is 18.9. The topological polar surface area (TPSA) is 117 Å². The fourth-order valence-corrected chi connectivity index (χ4v) is 4.91. The molecule has 5 rings (SSSR count). The predicted molar refractivity (Wildman–Crippen MR) is 128 cm³/mol. The van der Waals surface area contributed by atoms with Gasteiger partial charge in [-0.15, -0.1) is 0 Å². The van der Waals surface area contributed by atoms with Gasteiger partial charge in [-0.2, -0.15) is 4.98 Å². The quantitative estimate of drug-likeness (QED) is 0.590. The number of aromatic nitrogens is 3. The van der Waals surface area contributed by atoms with E-state index in [1.54, 1.807) is 24.3 Å². The lowest BCUT2D eigenvalue weighted by Gasteiger charge is -2.26. The maximum atomic E-state index is 12.8. The molecule has 0 unspecified atom stereocenters. The molecule has 2 aromatic heterocycles. The Hall–Kier alpha value is -3.75. The maximum Gasteiger partial charge on any atom is 0.341 e. The lowest BCUT2D eigenvalue weighted by Crippen LogP contribution is -2.27. The molecule has 9 nitrogen and oxygen atoms in total. The Morgan fingerprint density at radius 2 is 1.71 bits per heavy atom. The van der Waals surface area contributed by atoms with Gasteiger partial charge in [-0.05, 0) is 49.9 Å². The number of benzene rings is 1. The molecule has 1 aromatic carbocycles. The van der Waals surface area contributed by atoms with Crippen LogP contribution in [-0.4, -0.2) is 49.5 Å². The molecule has 1 saturated carbocycles. The Kier molecular flexibility index (Phi) is 6.00. The summed E-state index contributed by atoms with van der Waals surface area (Å²) < 4.78 is 1.84. The first kappa shape index (κ1) is 22.1. The predicted octanol–water partition coefficient (Wildman–Crippen LogP) is 3.97. The number of carboxylic acid groups (broad SMARTS) is 1. The SMILES string of the molecule is O=C(O)c1cn(C2CCCCC2)c2nc(Nc3ccc(C(=O)N4CCCC4)cc3)ncc2c1=O. The van der Waals surface area contributed by atoms with Crippen molar-refractivity contribution in [2.75, 3.05) is 18.4 Å². The smallest absolute Gasteiger partial charge is 0.341 e. The average molecular weight is 462 g/mol. The Bertz CT molecular complexity index is 1290. The molecule has 9 heteroatoms. The van der Waals surface area contributed by atoms with Crippen molar-refractivity contribution in [2.24, 2.45) is 0 Å². The maximum absolute atomic E-state index is 12.8. The van der Waals surface area contributed by atoms with Gasteiger partial charge in [-0.3, -0.25) is 9.59 Å². The highest BCUT2D eigenvalue weighted by atomic mass is 16.4. The molecule has 2 N–H and O–H groups in total. The summed E-state index contributed by atoms with van der Waals surface area (Å²) in [4.78, 5) is 47.7. The van der Waals surface area contributed by atoms with Crippen LogP contribution in [0.1, 0.15) is 71.7 Å². The number of carboxylic acids is 1. The number of hydrogen-bond donors (Lipinski definition) is 2. The number of amides is 1. The molecule has 3 aromatic rings.